The summed E-state index contributed by atoms with van der Waals surface area (Å²) in [6.45, 7) is 9.46. The third kappa shape index (κ3) is 5.53. The molecule has 1 N–H and O–H groups in total. The summed E-state index contributed by atoms with van der Waals surface area (Å²) in [4.78, 5) is 12.9. The van der Waals surface area contributed by atoms with Crippen LogP contribution < -0.4 is 14.8 Å². The van der Waals surface area contributed by atoms with Crippen LogP contribution in [0.25, 0.3) is 11.3 Å². The van der Waals surface area contributed by atoms with Gasteiger partial charge in [-0.05, 0) is 57.6 Å². The van der Waals surface area contributed by atoms with Gasteiger partial charge in [0, 0.05) is 24.7 Å². The van der Waals surface area contributed by atoms with Gasteiger partial charge in [-0.2, -0.15) is 5.10 Å². The van der Waals surface area contributed by atoms with Crippen molar-refractivity contribution in [2.24, 2.45) is 11.8 Å². The van der Waals surface area contributed by atoms with Crippen LogP contribution in [0.2, 0.25) is 5.02 Å². The number of amides is 1. The van der Waals surface area contributed by atoms with E-state index in [0.29, 0.717) is 41.2 Å². The molecule has 170 valence electrons. The first kappa shape index (κ1) is 23.5. The zero-order valence-corrected chi connectivity index (χ0v) is 20.0. The van der Waals surface area contributed by atoms with Crippen LogP contribution in [0.3, 0.4) is 0 Å². The number of rotatable bonds is 8. The van der Waals surface area contributed by atoms with Gasteiger partial charge in [-0.25, -0.2) is 0 Å². The molecule has 1 fully saturated rings. The molecule has 1 aromatic carbocycles. The number of aromatic nitrogens is 2. The Morgan fingerprint density at radius 3 is 2.61 bits per heavy atom. The smallest absolute Gasteiger partial charge is 0.273 e. The summed E-state index contributed by atoms with van der Waals surface area (Å²) in [6.07, 6.45) is 4.83. The monoisotopic (exact) mass is 447 g/mol. The molecule has 7 heteroatoms. The van der Waals surface area contributed by atoms with E-state index in [1.54, 1.807) is 11.8 Å². The number of nitrogens with one attached hydrogen (secondary N) is 1. The molecule has 0 spiro atoms. The quantitative estimate of drug-likeness (QED) is 0.574. The van der Waals surface area contributed by atoms with Crippen molar-refractivity contribution in [2.45, 2.75) is 66.0 Å². The normalized spacial score (nSPS) is 18.8. The van der Waals surface area contributed by atoms with Crippen LogP contribution in [0, 0.1) is 11.8 Å². The molecule has 1 aliphatic rings. The molecule has 0 radical (unpaired) electrons. The lowest BCUT2D eigenvalue weighted by molar-refractivity contribution is 0.0936. The molecule has 0 bridgehead atoms. The van der Waals surface area contributed by atoms with Gasteiger partial charge in [0.1, 0.15) is 11.5 Å². The Labute approximate surface area is 190 Å². The Morgan fingerprint density at radius 1 is 1.29 bits per heavy atom. The van der Waals surface area contributed by atoms with E-state index < -0.39 is 0 Å². The van der Waals surface area contributed by atoms with Crippen LogP contribution in [0.5, 0.6) is 11.5 Å². The van der Waals surface area contributed by atoms with Crippen LogP contribution >= 0.6 is 11.6 Å². The number of nitrogens with zero attached hydrogens (tertiary/aromatic N) is 2. The molecule has 1 aliphatic carbocycles. The number of hydrogen-bond donors (Lipinski definition) is 1. The van der Waals surface area contributed by atoms with Gasteiger partial charge in [0.25, 0.3) is 5.91 Å². The van der Waals surface area contributed by atoms with Gasteiger partial charge in [0.15, 0.2) is 5.69 Å². The van der Waals surface area contributed by atoms with Crippen molar-refractivity contribution >= 4 is 17.5 Å². The van der Waals surface area contributed by atoms with Crippen molar-refractivity contribution in [3.8, 4) is 22.8 Å². The molecule has 31 heavy (non-hydrogen) atoms. The highest BCUT2D eigenvalue weighted by molar-refractivity contribution is 6.36. The number of halogens is 1. The summed E-state index contributed by atoms with van der Waals surface area (Å²) in [5.74, 6) is 2.43. The van der Waals surface area contributed by atoms with E-state index in [2.05, 4.69) is 17.3 Å². The van der Waals surface area contributed by atoms with E-state index in [0.717, 1.165) is 24.3 Å². The van der Waals surface area contributed by atoms with Crippen LogP contribution in [-0.4, -0.2) is 35.4 Å². The second-order valence-corrected chi connectivity index (χ2v) is 9.07. The molecule has 1 saturated carbocycles. The Kier molecular flexibility index (Phi) is 7.87. The number of methoxy groups -OCH3 is 1. The van der Waals surface area contributed by atoms with Gasteiger partial charge in [-0.3, -0.25) is 9.48 Å². The average Bonchev–Trinajstić information content (AvgIpc) is 3.08. The fraction of sp³-hybridized carbons (Fsp3) is 0.583. The van der Waals surface area contributed by atoms with Gasteiger partial charge in [-0.1, -0.05) is 31.4 Å². The minimum absolute atomic E-state index is 0.0583. The van der Waals surface area contributed by atoms with E-state index in [-0.39, 0.29) is 17.7 Å². The summed E-state index contributed by atoms with van der Waals surface area (Å²) in [5.41, 5.74) is 1.71. The molecule has 0 unspecified atom stereocenters. The zero-order chi connectivity index (χ0) is 22.5. The molecule has 0 atom stereocenters. The molecule has 3 rings (SSSR count). The molecule has 6 nitrogen and oxygen atoms in total. The van der Waals surface area contributed by atoms with Gasteiger partial charge in [0.2, 0.25) is 0 Å². The number of benzene rings is 1. The minimum Gasteiger partial charge on any atom is -0.496 e. The summed E-state index contributed by atoms with van der Waals surface area (Å²) < 4.78 is 13.1. The first-order valence-electron chi connectivity index (χ1n) is 11.2. The van der Waals surface area contributed by atoms with Gasteiger partial charge >= 0.3 is 0 Å². The molecule has 0 saturated heterocycles. The first-order chi connectivity index (χ1) is 14.8. The molecule has 1 aromatic heterocycles. The van der Waals surface area contributed by atoms with E-state index in [9.17, 15) is 4.79 Å². The van der Waals surface area contributed by atoms with Crippen molar-refractivity contribution < 1.29 is 14.3 Å². The van der Waals surface area contributed by atoms with E-state index in [4.69, 9.17) is 21.1 Å². The fourth-order valence-corrected chi connectivity index (χ4v) is 4.46. The van der Waals surface area contributed by atoms with Crippen LogP contribution in [0.1, 0.15) is 63.9 Å². The zero-order valence-electron chi connectivity index (χ0n) is 19.2. The van der Waals surface area contributed by atoms with Crippen molar-refractivity contribution in [3.63, 3.8) is 0 Å². The minimum atomic E-state index is -0.226. The van der Waals surface area contributed by atoms with Gasteiger partial charge in [-0.15, -0.1) is 0 Å². The highest BCUT2D eigenvalue weighted by Gasteiger charge is 2.26. The number of hydrogen-bond acceptors (Lipinski definition) is 4. The predicted molar refractivity (Wildman–Crippen MR) is 124 cm³/mol. The molecular weight excluding hydrogens is 414 g/mol. The predicted octanol–water partition coefficient (Wildman–Crippen LogP) is 5.58. The maximum Gasteiger partial charge on any atom is 0.273 e. The largest absolute Gasteiger partial charge is 0.496 e. The van der Waals surface area contributed by atoms with Crippen LogP contribution in [0.4, 0.5) is 0 Å². The molecular formula is C24H34ClN3O3. The topological polar surface area (TPSA) is 65.4 Å². The summed E-state index contributed by atoms with van der Waals surface area (Å²) >= 11 is 6.70. The maximum atomic E-state index is 12.9. The van der Waals surface area contributed by atoms with Crippen molar-refractivity contribution in [1.82, 2.24) is 15.1 Å². The van der Waals surface area contributed by atoms with Gasteiger partial charge < -0.3 is 14.8 Å². The van der Waals surface area contributed by atoms with Crippen molar-refractivity contribution in [3.05, 3.63) is 28.9 Å². The molecule has 1 heterocycles. The molecule has 1 amide bonds. The van der Waals surface area contributed by atoms with E-state index >= 15 is 0 Å². The Bertz CT molecular complexity index is 902. The number of carbonyl (C=O) groups excluding carboxylic acids is 1. The lowest BCUT2D eigenvalue weighted by Gasteiger charge is -2.26. The highest BCUT2D eigenvalue weighted by atomic mass is 35.5. The molecule has 0 aliphatic heterocycles. The summed E-state index contributed by atoms with van der Waals surface area (Å²) in [5, 5.41) is 7.90. The number of ether oxygens (including phenoxy) is 2. The Hall–Kier alpha value is -2.21. The summed E-state index contributed by atoms with van der Waals surface area (Å²) in [6, 6.07) is 5.62. The van der Waals surface area contributed by atoms with E-state index in [1.165, 1.54) is 12.8 Å². The van der Waals surface area contributed by atoms with Crippen LogP contribution in [-0.2, 0) is 6.54 Å². The number of carbonyl (C=O) groups is 1. The second kappa shape index (κ2) is 10.4. The lowest BCUT2D eigenvalue weighted by Crippen LogP contribution is -2.31. The summed E-state index contributed by atoms with van der Waals surface area (Å²) in [7, 11) is 1.61. The third-order valence-corrected chi connectivity index (χ3v) is 6.25. The lowest BCUT2D eigenvalue weighted by atomic mass is 9.83. The van der Waals surface area contributed by atoms with Crippen molar-refractivity contribution in [1.29, 1.82) is 0 Å². The fourth-order valence-electron chi connectivity index (χ4n) is 4.14. The van der Waals surface area contributed by atoms with Gasteiger partial charge in [0.05, 0.1) is 23.9 Å². The maximum absolute atomic E-state index is 12.9. The Morgan fingerprint density at radius 2 is 2.00 bits per heavy atom. The molecule has 2 aromatic rings. The first-order valence-corrected chi connectivity index (χ1v) is 11.6. The number of aryl methyl sites for hydroxylation is 1. The van der Waals surface area contributed by atoms with Crippen molar-refractivity contribution in [2.75, 3.05) is 13.7 Å². The SMILES string of the molecule is CCn1nc(C(=O)NCC2CCC(C)CC2)c(Cl)c1-c1ccc(OC(C)C)cc1OC. The van der Waals surface area contributed by atoms with E-state index in [1.807, 2.05) is 39.0 Å². The standard InChI is InChI=1S/C24H34ClN3O3/c1-6-28-23(19-12-11-18(31-15(2)3)13-20(19)30-5)21(25)22(27-28)24(29)26-14-17-9-7-16(4)8-10-17/h11-13,15-17H,6-10,14H2,1-5H3,(H,26,29). The second-order valence-electron chi connectivity index (χ2n) is 8.69. The highest BCUT2D eigenvalue weighted by Crippen LogP contribution is 2.39. The van der Waals surface area contributed by atoms with Crippen LogP contribution in [0.15, 0.2) is 18.2 Å². The third-order valence-electron chi connectivity index (χ3n) is 5.90. The average molecular weight is 448 g/mol. The Balaban J connectivity index is 1.83.